The first-order chi connectivity index (χ1) is 11.5. The molecule has 1 atom stereocenters. The number of benzene rings is 1. The van der Waals surface area contributed by atoms with Crippen LogP contribution < -0.4 is 0 Å². The van der Waals surface area contributed by atoms with Gasteiger partial charge in [0, 0.05) is 19.6 Å². The summed E-state index contributed by atoms with van der Waals surface area (Å²) in [5.41, 5.74) is 0.875. The predicted octanol–water partition coefficient (Wildman–Crippen LogP) is 0.736. The lowest BCUT2D eigenvalue weighted by Crippen LogP contribution is -2.41. The molecule has 0 saturated carbocycles. The predicted molar refractivity (Wildman–Crippen MR) is 91.5 cm³/mol. The van der Waals surface area contributed by atoms with Crippen LogP contribution in [0.2, 0.25) is 0 Å². The van der Waals surface area contributed by atoms with Gasteiger partial charge in [0.15, 0.2) is 0 Å². The van der Waals surface area contributed by atoms with Crippen LogP contribution in [0, 0.1) is 0 Å². The van der Waals surface area contributed by atoms with Crippen molar-refractivity contribution < 1.29 is 9.90 Å². The fourth-order valence-corrected chi connectivity index (χ4v) is 3.37. The van der Waals surface area contributed by atoms with Crippen molar-refractivity contribution in [3.05, 3.63) is 24.3 Å². The van der Waals surface area contributed by atoms with Crippen molar-refractivity contribution in [2.75, 3.05) is 33.7 Å². The van der Waals surface area contributed by atoms with Crippen LogP contribution in [0.25, 0.3) is 11.0 Å². The highest BCUT2D eigenvalue weighted by Crippen LogP contribution is 2.23. The summed E-state index contributed by atoms with van der Waals surface area (Å²) in [6.45, 7) is 2.02. The number of carbonyl (C=O) groups excluding carboxylic acids is 1. The van der Waals surface area contributed by atoms with E-state index in [1.807, 2.05) is 48.2 Å². The SMILES string of the molecule is CN(C)C[C@@]1(O)CCCN(C(=O)Cn2nc3ccccc3n2)CC1. The smallest absolute Gasteiger partial charge is 0.246 e. The number of aromatic nitrogens is 3. The molecule has 1 amide bonds. The molecule has 2 aromatic rings. The van der Waals surface area contributed by atoms with E-state index in [0.29, 0.717) is 26.1 Å². The highest BCUT2D eigenvalue weighted by molar-refractivity contribution is 5.77. The van der Waals surface area contributed by atoms with Gasteiger partial charge in [0.25, 0.3) is 0 Å². The number of hydrogen-bond acceptors (Lipinski definition) is 5. The van der Waals surface area contributed by atoms with Crippen LogP contribution in [0.3, 0.4) is 0 Å². The first-order valence-electron chi connectivity index (χ1n) is 8.40. The monoisotopic (exact) mass is 331 g/mol. The Kier molecular flexibility index (Phi) is 4.82. The molecule has 24 heavy (non-hydrogen) atoms. The zero-order chi connectivity index (χ0) is 17.2. The second-order valence-corrected chi connectivity index (χ2v) is 6.92. The Labute approximate surface area is 141 Å². The first-order valence-corrected chi connectivity index (χ1v) is 8.40. The van der Waals surface area contributed by atoms with Gasteiger partial charge in [-0.15, -0.1) is 0 Å². The molecule has 2 heterocycles. The van der Waals surface area contributed by atoms with Gasteiger partial charge in [-0.3, -0.25) is 4.79 Å². The number of amides is 1. The Morgan fingerprint density at radius 3 is 2.50 bits per heavy atom. The Bertz CT molecular complexity index is 681. The molecule has 0 spiro atoms. The zero-order valence-electron chi connectivity index (χ0n) is 14.4. The molecule has 0 bridgehead atoms. The molecule has 7 nitrogen and oxygen atoms in total. The Hall–Kier alpha value is -1.99. The standard InChI is InChI=1S/C17H25N5O2/c1-20(2)13-17(24)8-5-10-21(11-9-17)16(23)12-22-18-14-6-3-4-7-15(14)19-22/h3-4,6-7,24H,5,8-13H2,1-2H3/t17-/m1/s1. The lowest BCUT2D eigenvalue weighted by atomic mass is 9.94. The van der Waals surface area contributed by atoms with Crippen molar-refractivity contribution in [1.29, 1.82) is 0 Å². The molecule has 1 aromatic carbocycles. The number of fused-ring (bicyclic) bond motifs is 1. The van der Waals surface area contributed by atoms with Crippen LogP contribution in [0.4, 0.5) is 0 Å². The summed E-state index contributed by atoms with van der Waals surface area (Å²) in [6, 6.07) is 7.58. The minimum atomic E-state index is -0.711. The van der Waals surface area contributed by atoms with Gasteiger partial charge in [-0.1, -0.05) is 12.1 Å². The molecule has 1 aliphatic rings. The maximum Gasteiger partial charge on any atom is 0.246 e. The van der Waals surface area contributed by atoms with E-state index in [1.165, 1.54) is 4.80 Å². The molecule has 0 radical (unpaired) electrons. The molecule has 7 heteroatoms. The highest BCUT2D eigenvalue weighted by Gasteiger charge is 2.32. The van der Waals surface area contributed by atoms with Gasteiger partial charge in [0.2, 0.25) is 5.91 Å². The van der Waals surface area contributed by atoms with Crippen molar-refractivity contribution in [1.82, 2.24) is 24.8 Å². The van der Waals surface area contributed by atoms with Gasteiger partial charge in [-0.2, -0.15) is 15.0 Å². The van der Waals surface area contributed by atoms with E-state index < -0.39 is 5.60 Å². The summed E-state index contributed by atoms with van der Waals surface area (Å²) >= 11 is 0. The second kappa shape index (κ2) is 6.86. The van der Waals surface area contributed by atoms with Gasteiger partial charge < -0.3 is 14.9 Å². The largest absolute Gasteiger partial charge is 0.388 e. The number of aliphatic hydroxyl groups is 1. The van der Waals surface area contributed by atoms with Gasteiger partial charge in [0.05, 0.1) is 5.60 Å². The third kappa shape index (κ3) is 3.91. The van der Waals surface area contributed by atoms with E-state index in [2.05, 4.69) is 10.2 Å². The lowest BCUT2D eigenvalue weighted by Gasteiger charge is -2.29. The molecule has 0 unspecified atom stereocenters. The highest BCUT2D eigenvalue weighted by atomic mass is 16.3. The van der Waals surface area contributed by atoms with Crippen LogP contribution in [-0.2, 0) is 11.3 Å². The molecule has 1 fully saturated rings. The van der Waals surface area contributed by atoms with Crippen molar-refractivity contribution >= 4 is 16.9 Å². The molecule has 1 N–H and O–H groups in total. The van der Waals surface area contributed by atoms with Crippen molar-refractivity contribution in [2.45, 2.75) is 31.4 Å². The van der Waals surface area contributed by atoms with Crippen LogP contribution in [-0.4, -0.2) is 75.1 Å². The Balaban J connectivity index is 1.62. The minimum Gasteiger partial charge on any atom is -0.388 e. The molecule has 1 saturated heterocycles. The van der Waals surface area contributed by atoms with Crippen LogP contribution in [0.1, 0.15) is 19.3 Å². The van der Waals surface area contributed by atoms with Crippen LogP contribution in [0.5, 0.6) is 0 Å². The summed E-state index contributed by atoms with van der Waals surface area (Å²) < 4.78 is 0. The van der Waals surface area contributed by atoms with E-state index in [1.54, 1.807) is 0 Å². The Morgan fingerprint density at radius 2 is 1.88 bits per heavy atom. The molecule has 0 aliphatic carbocycles. The third-order valence-electron chi connectivity index (χ3n) is 4.49. The minimum absolute atomic E-state index is 0.00408. The molecule has 3 rings (SSSR count). The maximum absolute atomic E-state index is 12.6. The number of likely N-dealkylation sites (N-methyl/N-ethyl adjacent to an activating group) is 1. The van der Waals surface area contributed by atoms with Crippen molar-refractivity contribution in [2.24, 2.45) is 0 Å². The van der Waals surface area contributed by atoms with E-state index in [4.69, 9.17) is 0 Å². The van der Waals surface area contributed by atoms with E-state index in [-0.39, 0.29) is 12.5 Å². The van der Waals surface area contributed by atoms with Crippen molar-refractivity contribution in [3.63, 3.8) is 0 Å². The van der Waals surface area contributed by atoms with Crippen LogP contribution in [0.15, 0.2) is 24.3 Å². The zero-order valence-corrected chi connectivity index (χ0v) is 14.4. The fraction of sp³-hybridized carbons (Fsp3) is 0.588. The average Bonchev–Trinajstić information content (AvgIpc) is 2.81. The van der Waals surface area contributed by atoms with Gasteiger partial charge in [0.1, 0.15) is 17.6 Å². The Morgan fingerprint density at radius 1 is 1.21 bits per heavy atom. The summed E-state index contributed by atoms with van der Waals surface area (Å²) in [6.07, 6.45) is 2.13. The maximum atomic E-state index is 12.6. The molecule has 130 valence electrons. The summed E-state index contributed by atoms with van der Waals surface area (Å²) in [5, 5.41) is 19.4. The van der Waals surface area contributed by atoms with E-state index >= 15 is 0 Å². The second-order valence-electron chi connectivity index (χ2n) is 6.92. The number of hydrogen-bond donors (Lipinski definition) is 1. The molecule has 1 aromatic heterocycles. The van der Waals surface area contributed by atoms with E-state index in [9.17, 15) is 9.90 Å². The topological polar surface area (TPSA) is 74.5 Å². The summed E-state index contributed by atoms with van der Waals surface area (Å²) in [5.74, 6) is 0.00408. The summed E-state index contributed by atoms with van der Waals surface area (Å²) in [4.78, 5) is 17.8. The number of likely N-dealkylation sites (tertiary alicyclic amines) is 1. The van der Waals surface area contributed by atoms with Gasteiger partial charge in [-0.25, -0.2) is 0 Å². The van der Waals surface area contributed by atoms with Gasteiger partial charge >= 0.3 is 0 Å². The third-order valence-corrected chi connectivity index (χ3v) is 4.49. The first kappa shape index (κ1) is 16.9. The van der Waals surface area contributed by atoms with Crippen LogP contribution >= 0.6 is 0 Å². The summed E-state index contributed by atoms with van der Waals surface area (Å²) in [7, 11) is 3.92. The molecule has 1 aliphatic heterocycles. The lowest BCUT2D eigenvalue weighted by molar-refractivity contribution is -0.132. The van der Waals surface area contributed by atoms with E-state index in [0.717, 1.165) is 23.9 Å². The number of carbonyl (C=O) groups is 1. The molecular weight excluding hydrogens is 306 g/mol. The molecular formula is C17H25N5O2. The normalized spacial score (nSPS) is 22.1. The number of rotatable bonds is 4. The average molecular weight is 331 g/mol. The quantitative estimate of drug-likeness (QED) is 0.894. The van der Waals surface area contributed by atoms with Crippen molar-refractivity contribution in [3.8, 4) is 0 Å². The fourth-order valence-electron chi connectivity index (χ4n) is 3.37. The van der Waals surface area contributed by atoms with Gasteiger partial charge in [-0.05, 0) is 45.5 Å². The number of nitrogens with zero attached hydrogens (tertiary/aromatic N) is 5.